The smallest absolute Gasteiger partial charge is 0.232 e. The first-order chi connectivity index (χ1) is 12.8. The van der Waals surface area contributed by atoms with Gasteiger partial charge in [-0.25, -0.2) is 17.2 Å². The van der Waals surface area contributed by atoms with Crippen LogP contribution in [0.3, 0.4) is 0 Å². The van der Waals surface area contributed by atoms with Gasteiger partial charge in [0.05, 0.1) is 28.7 Å². The summed E-state index contributed by atoms with van der Waals surface area (Å²) in [7, 11) is -3.73. The summed E-state index contributed by atoms with van der Waals surface area (Å²) in [5.74, 6) is -3.84. The lowest BCUT2D eigenvalue weighted by atomic mass is 10.1. The average molecular weight is 392 g/mol. The SMILES string of the molecule is CCCS(=O)(=O)Nc1cc(F)c(F)c(C(=O)c2cc3nccnc3cn2)c1. The second kappa shape index (κ2) is 7.31. The van der Waals surface area contributed by atoms with Crippen LogP contribution in [0.4, 0.5) is 14.5 Å². The summed E-state index contributed by atoms with van der Waals surface area (Å²) in [5.41, 5.74) is -0.264. The third kappa shape index (κ3) is 4.05. The van der Waals surface area contributed by atoms with E-state index in [4.69, 9.17) is 0 Å². The van der Waals surface area contributed by atoms with E-state index in [1.54, 1.807) is 6.92 Å². The number of sulfonamides is 1. The quantitative estimate of drug-likeness (QED) is 0.647. The lowest BCUT2D eigenvalue weighted by Crippen LogP contribution is -2.17. The highest BCUT2D eigenvalue weighted by Crippen LogP contribution is 2.23. The van der Waals surface area contributed by atoms with Gasteiger partial charge in [-0.2, -0.15) is 0 Å². The molecule has 0 radical (unpaired) electrons. The molecular weight excluding hydrogens is 378 g/mol. The van der Waals surface area contributed by atoms with Gasteiger partial charge in [-0.3, -0.25) is 24.5 Å². The third-order valence-electron chi connectivity index (χ3n) is 3.61. The van der Waals surface area contributed by atoms with Crippen LogP contribution in [-0.2, 0) is 10.0 Å². The molecule has 1 aromatic carbocycles. The highest BCUT2D eigenvalue weighted by atomic mass is 32.2. The number of benzene rings is 1. The summed E-state index contributed by atoms with van der Waals surface area (Å²) in [5, 5.41) is 0. The summed E-state index contributed by atoms with van der Waals surface area (Å²) >= 11 is 0. The number of carbonyl (C=O) groups excluding carboxylic acids is 1. The van der Waals surface area contributed by atoms with Crippen LogP contribution in [0.25, 0.3) is 11.0 Å². The van der Waals surface area contributed by atoms with Gasteiger partial charge in [-0.05, 0) is 18.6 Å². The molecule has 0 atom stereocenters. The van der Waals surface area contributed by atoms with Crippen molar-refractivity contribution >= 4 is 32.5 Å². The van der Waals surface area contributed by atoms with Crippen LogP contribution in [0, 0.1) is 11.6 Å². The van der Waals surface area contributed by atoms with Gasteiger partial charge in [0, 0.05) is 18.5 Å². The minimum absolute atomic E-state index is 0.171. The molecule has 0 saturated heterocycles. The molecule has 0 bridgehead atoms. The molecule has 10 heteroatoms. The maximum absolute atomic E-state index is 14.2. The number of fused-ring (bicyclic) bond motifs is 1. The van der Waals surface area contributed by atoms with E-state index >= 15 is 0 Å². The Hall–Kier alpha value is -3.01. The molecule has 27 heavy (non-hydrogen) atoms. The highest BCUT2D eigenvalue weighted by molar-refractivity contribution is 7.92. The second-order valence-corrected chi connectivity index (χ2v) is 7.53. The minimum atomic E-state index is -3.73. The van der Waals surface area contributed by atoms with E-state index in [2.05, 4.69) is 19.7 Å². The third-order valence-corrected chi connectivity index (χ3v) is 5.10. The number of aromatic nitrogens is 3. The van der Waals surface area contributed by atoms with Crippen molar-refractivity contribution in [3.05, 3.63) is 59.7 Å². The van der Waals surface area contributed by atoms with E-state index in [1.807, 2.05) is 0 Å². The number of halogens is 2. The van der Waals surface area contributed by atoms with Gasteiger partial charge in [-0.15, -0.1) is 0 Å². The van der Waals surface area contributed by atoms with Crippen molar-refractivity contribution in [1.82, 2.24) is 15.0 Å². The number of nitrogens with one attached hydrogen (secondary N) is 1. The van der Waals surface area contributed by atoms with Crippen LogP contribution in [0.5, 0.6) is 0 Å². The van der Waals surface area contributed by atoms with Gasteiger partial charge in [0.15, 0.2) is 11.6 Å². The zero-order valence-corrected chi connectivity index (χ0v) is 14.9. The lowest BCUT2D eigenvalue weighted by molar-refractivity contribution is 0.103. The molecule has 0 saturated carbocycles. The number of ketones is 1. The summed E-state index contributed by atoms with van der Waals surface area (Å²) in [6.07, 6.45) is 4.50. The monoisotopic (exact) mass is 392 g/mol. The normalized spacial score (nSPS) is 11.5. The van der Waals surface area contributed by atoms with E-state index in [0.29, 0.717) is 23.5 Å². The first-order valence-corrected chi connectivity index (χ1v) is 9.57. The maximum atomic E-state index is 14.2. The Morgan fingerprint density at radius 1 is 1.07 bits per heavy atom. The fourth-order valence-corrected chi connectivity index (χ4v) is 3.56. The number of hydrogen-bond donors (Lipinski definition) is 1. The molecule has 0 aliphatic carbocycles. The zero-order valence-electron chi connectivity index (χ0n) is 14.1. The molecule has 3 aromatic rings. The topological polar surface area (TPSA) is 102 Å². The van der Waals surface area contributed by atoms with Crippen LogP contribution < -0.4 is 4.72 Å². The number of nitrogens with zero attached hydrogens (tertiary/aromatic N) is 3. The van der Waals surface area contributed by atoms with Crippen molar-refractivity contribution in [3.8, 4) is 0 Å². The molecule has 1 N–H and O–H groups in total. The van der Waals surface area contributed by atoms with Crippen molar-refractivity contribution in [1.29, 1.82) is 0 Å². The molecule has 2 aromatic heterocycles. The van der Waals surface area contributed by atoms with Crippen molar-refractivity contribution in [2.24, 2.45) is 0 Å². The summed E-state index contributed by atoms with van der Waals surface area (Å²) in [6, 6.07) is 2.92. The van der Waals surface area contributed by atoms with Crippen LogP contribution >= 0.6 is 0 Å². The van der Waals surface area contributed by atoms with E-state index < -0.39 is 33.0 Å². The van der Waals surface area contributed by atoms with Gasteiger partial charge in [0.2, 0.25) is 15.8 Å². The fourth-order valence-electron chi connectivity index (χ4n) is 2.44. The second-order valence-electron chi connectivity index (χ2n) is 5.68. The molecule has 3 rings (SSSR count). The Morgan fingerprint density at radius 2 is 1.78 bits per heavy atom. The van der Waals surface area contributed by atoms with Crippen molar-refractivity contribution < 1.29 is 22.0 Å². The summed E-state index contributed by atoms with van der Waals surface area (Å²) in [4.78, 5) is 24.6. The van der Waals surface area contributed by atoms with E-state index in [0.717, 1.165) is 6.07 Å². The Bertz CT molecular complexity index is 1140. The molecule has 0 fully saturated rings. The number of carbonyl (C=O) groups is 1. The van der Waals surface area contributed by atoms with Crippen LogP contribution in [0.2, 0.25) is 0 Å². The Balaban J connectivity index is 2.02. The number of pyridine rings is 1. The Morgan fingerprint density at radius 3 is 2.48 bits per heavy atom. The van der Waals surface area contributed by atoms with E-state index in [1.165, 1.54) is 24.7 Å². The number of rotatable bonds is 6. The molecular formula is C17H14F2N4O3S. The van der Waals surface area contributed by atoms with Crippen molar-refractivity contribution in [2.45, 2.75) is 13.3 Å². The van der Waals surface area contributed by atoms with Gasteiger partial charge in [-0.1, -0.05) is 6.92 Å². The molecule has 0 amide bonds. The van der Waals surface area contributed by atoms with Crippen molar-refractivity contribution in [2.75, 3.05) is 10.5 Å². The van der Waals surface area contributed by atoms with Gasteiger partial charge >= 0.3 is 0 Å². The molecule has 0 aliphatic rings. The Kier molecular flexibility index (Phi) is 5.08. The molecule has 140 valence electrons. The van der Waals surface area contributed by atoms with Gasteiger partial charge in [0.25, 0.3) is 0 Å². The first-order valence-electron chi connectivity index (χ1n) is 7.91. The lowest BCUT2D eigenvalue weighted by Gasteiger charge is -2.10. The predicted molar refractivity (Wildman–Crippen MR) is 94.8 cm³/mol. The first kappa shape index (κ1) is 18.8. The molecule has 0 spiro atoms. The molecule has 2 heterocycles. The van der Waals surface area contributed by atoms with Crippen molar-refractivity contribution in [3.63, 3.8) is 0 Å². The Labute approximate surface area is 153 Å². The maximum Gasteiger partial charge on any atom is 0.232 e. The van der Waals surface area contributed by atoms with E-state index in [-0.39, 0.29) is 17.1 Å². The zero-order chi connectivity index (χ0) is 19.6. The molecule has 7 nitrogen and oxygen atoms in total. The number of hydrogen-bond acceptors (Lipinski definition) is 6. The fraction of sp³-hybridized carbons (Fsp3) is 0.176. The summed E-state index contributed by atoms with van der Waals surface area (Å²) < 4.78 is 54.0. The van der Waals surface area contributed by atoms with Gasteiger partial charge in [0.1, 0.15) is 11.2 Å². The van der Waals surface area contributed by atoms with Crippen LogP contribution in [-0.4, -0.2) is 34.9 Å². The molecule has 0 unspecified atom stereocenters. The minimum Gasteiger partial charge on any atom is -0.287 e. The molecule has 0 aliphatic heterocycles. The predicted octanol–water partition coefficient (Wildman–Crippen LogP) is 2.69. The largest absolute Gasteiger partial charge is 0.287 e. The summed E-state index contributed by atoms with van der Waals surface area (Å²) in [6.45, 7) is 1.66. The van der Waals surface area contributed by atoms with Crippen LogP contribution in [0.15, 0.2) is 36.8 Å². The number of anilines is 1. The van der Waals surface area contributed by atoms with E-state index in [9.17, 15) is 22.0 Å². The van der Waals surface area contributed by atoms with Crippen LogP contribution in [0.1, 0.15) is 29.4 Å². The average Bonchev–Trinajstić information content (AvgIpc) is 2.63. The highest BCUT2D eigenvalue weighted by Gasteiger charge is 2.22. The van der Waals surface area contributed by atoms with Gasteiger partial charge < -0.3 is 0 Å². The standard InChI is InChI=1S/C17H14F2N4O3S/c1-2-5-27(25,26)23-10-6-11(16(19)12(18)7-10)17(24)14-8-13-15(9-22-14)21-4-3-20-13/h3-4,6-9,23H,2,5H2,1H3.